The first-order valence-corrected chi connectivity index (χ1v) is 1.87. The number of urea groups is 1. The molecule has 6 heteroatoms. The molecule has 0 saturated heterocycles. The SMILES string of the molecule is N.NC(=O)NC(=O)CO. The predicted octanol–water partition coefficient (Wildman–Crippen LogP) is -1.66. The van der Waals surface area contributed by atoms with Crippen molar-refractivity contribution in [2.45, 2.75) is 0 Å². The molecule has 0 rings (SSSR count). The van der Waals surface area contributed by atoms with Crippen LogP contribution in [0.1, 0.15) is 0 Å². The highest BCUT2D eigenvalue weighted by molar-refractivity contribution is 5.93. The Bertz CT molecular complexity index is 113. The molecule has 0 heterocycles. The lowest BCUT2D eigenvalue weighted by atomic mass is 10.6. The Morgan fingerprint density at radius 3 is 2.11 bits per heavy atom. The van der Waals surface area contributed by atoms with Gasteiger partial charge in [0.1, 0.15) is 6.61 Å². The Kier molecular flexibility index (Phi) is 5.99. The van der Waals surface area contributed by atoms with Gasteiger partial charge in [0.15, 0.2) is 0 Å². The van der Waals surface area contributed by atoms with Crippen LogP contribution in [0.5, 0.6) is 0 Å². The number of nitrogens with two attached hydrogens (primary N) is 1. The number of primary amides is 1. The summed E-state index contributed by atoms with van der Waals surface area (Å²) in [6.07, 6.45) is 0. The number of carbonyl (C=O) groups excluding carboxylic acids is 2. The summed E-state index contributed by atoms with van der Waals surface area (Å²) in [5.41, 5.74) is 4.49. The Morgan fingerprint density at radius 1 is 1.56 bits per heavy atom. The van der Waals surface area contributed by atoms with Gasteiger partial charge in [-0.1, -0.05) is 0 Å². The fourth-order valence-electron chi connectivity index (χ4n) is 0.177. The van der Waals surface area contributed by atoms with Gasteiger partial charge < -0.3 is 17.0 Å². The first-order valence-electron chi connectivity index (χ1n) is 1.87. The van der Waals surface area contributed by atoms with Gasteiger partial charge in [0.05, 0.1) is 0 Å². The van der Waals surface area contributed by atoms with Crippen molar-refractivity contribution in [2.75, 3.05) is 6.61 Å². The third kappa shape index (κ3) is 6.86. The van der Waals surface area contributed by atoms with Crippen molar-refractivity contribution in [3.8, 4) is 0 Å². The lowest BCUT2D eigenvalue weighted by Crippen LogP contribution is -2.36. The average molecular weight is 135 g/mol. The van der Waals surface area contributed by atoms with Crippen molar-refractivity contribution >= 4 is 11.9 Å². The minimum atomic E-state index is -0.955. The van der Waals surface area contributed by atoms with Gasteiger partial charge in [0.25, 0.3) is 5.91 Å². The van der Waals surface area contributed by atoms with Gasteiger partial charge in [-0.05, 0) is 0 Å². The highest BCUT2D eigenvalue weighted by Gasteiger charge is 1.98. The average Bonchev–Trinajstić information content (AvgIpc) is 1.65. The zero-order valence-electron chi connectivity index (χ0n) is 4.76. The molecule has 9 heavy (non-hydrogen) atoms. The zero-order chi connectivity index (χ0) is 6.57. The van der Waals surface area contributed by atoms with Crippen LogP contribution in [0, 0.1) is 0 Å². The van der Waals surface area contributed by atoms with E-state index in [0.29, 0.717) is 0 Å². The van der Waals surface area contributed by atoms with E-state index in [1.165, 1.54) is 0 Å². The fourth-order valence-corrected chi connectivity index (χ4v) is 0.177. The van der Waals surface area contributed by atoms with Gasteiger partial charge in [0, 0.05) is 0 Å². The molecule has 0 aliphatic carbocycles. The Labute approximate surface area is 51.6 Å². The molecule has 3 amide bonds. The third-order valence-electron chi connectivity index (χ3n) is 0.406. The van der Waals surface area contributed by atoms with Crippen molar-refractivity contribution in [1.29, 1.82) is 0 Å². The molecular weight excluding hydrogens is 126 g/mol. The van der Waals surface area contributed by atoms with E-state index in [4.69, 9.17) is 5.11 Å². The van der Waals surface area contributed by atoms with E-state index in [2.05, 4.69) is 5.73 Å². The summed E-state index contributed by atoms with van der Waals surface area (Å²) >= 11 is 0. The number of aliphatic hydroxyl groups is 1. The fraction of sp³-hybridized carbons (Fsp3) is 0.333. The summed E-state index contributed by atoms with van der Waals surface area (Å²) in [5.74, 6) is -0.794. The summed E-state index contributed by atoms with van der Waals surface area (Å²) in [5, 5.41) is 9.61. The van der Waals surface area contributed by atoms with Crippen LogP contribution in [0.4, 0.5) is 4.79 Å². The van der Waals surface area contributed by atoms with E-state index in [1.807, 2.05) is 0 Å². The molecule has 0 saturated carbocycles. The second-order valence-corrected chi connectivity index (χ2v) is 1.07. The summed E-state index contributed by atoms with van der Waals surface area (Å²) in [4.78, 5) is 19.7. The van der Waals surface area contributed by atoms with Crippen LogP contribution >= 0.6 is 0 Å². The number of nitrogens with one attached hydrogen (secondary N) is 1. The third-order valence-corrected chi connectivity index (χ3v) is 0.406. The molecule has 0 aliphatic rings. The lowest BCUT2D eigenvalue weighted by Gasteiger charge is -1.92. The molecule has 0 aromatic rings. The van der Waals surface area contributed by atoms with Gasteiger partial charge in [0.2, 0.25) is 0 Å². The largest absolute Gasteiger partial charge is 0.387 e. The van der Waals surface area contributed by atoms with Crippen molar-refractivity contribution < 1.29 is 14.7 Å². The standard InChI is InChI=1S/C3H6N2O3.H3N/c4-3(8)5-2(7)1-6;/h6H,1H2,(H3,4,5,7,8);1H3. The highest BCUT2D eigenvalue weighted by atomic mass is 16.3. The molecule has 0 spiro atoms. The second-order valence-electron chi connectivity index (χ2n) is 1.07. The maximum Gasteiger partial charge on any atom is 0.318 e. The normalized spacial score (nSPS) is 7.22. The maximum absolute atomic E-state index is 9.96. The van der Waals surface area contributed by atoms with Crippen LogP contribution in [0.2, 0.25) is 0 Å². The smallest absolute Gasteiger partial charge is 0.318 e. The zero-order valence-corrected chi connectivity index (χ0v) is 4.76. The number of hydrogen-bond donors (Lipinski definition) is 4. The molecule has 0 aromatic carbocycles. The summed E-state index contributed by atoms with van der Waals surface area (Å²) in [6.45, 7) is -0.719. The molecule has 0 unspecified atom stereocenters. The Balaban J connectivity index is 0. The number of amides is 3. The van der Waals surface area contributed by atoms with Crippen LogP contribution in [0.15, 0.2) is 0 Å². The molecule has 0 bridgehead atoms. The van der Waals surface area contributed by atoms with E-state index in [9.17, 15) is 9.59 Å². The molecule has 54 valence electrons. The van der Waals surface area contributed by atoms with Gasteiger partial charge in [-0.3, -0.25) is 10.1 Å². The number of hydrogen-bond acceptors (Lipinski definition) is 4. The molecule has 0 aromatic heterocycles. The first-order chi connectivity index (χ1) is 3.66. The van der Waals surface area contributed by atoms with E-state index in [1.54, 1.807) is 5.32 Å². The minimum absolute atomic E-state index is 0. The monoisotopic (exact) mass is 135 g/mol. The van der Waals surface area contributed by atoms with Crippen LogP contribution in [-0.2, 0) is 4.79 Å². The quantitative estimate of drug-likeness (QED) is 0.343. The summed E-state index contributed by atoms with van der Waals surface area (Å²) in [6, 6.07) is -0.955. The van der Waals surface area contributed by atoms with E-state index in [0.717, 1.165) is 0 Å². The highest BCUT2D eigenvalue weighted by Crippen LogP contribution is 1.58. The first kappa shape index (κ1) is 10.8. The van der Waals surface area contributed by atoms with Crippen LogP contribution in [-0.4, -0.2) is 23.7 Å². The molecule has 0 fully saturated rings. The van der Waals surface area contributed by atoms with Crippen LogP contribution in [0.3, 0.4) is 0 Å². The van der Waals surface area contributed by atoms with E-state index >= 15 is 0 Å². The van der Waals surface area contributed by atoms with E-state index in [-0.39, 0.29) is 6.15 Å². The van der Waals surface area contributed by atoms with Gasteiger partial charge in [-0.2, -0.15) is 0 Å². The number of rotatable bonds is 1. The van der Waals surface area contributed by atoms with Crippen molar-refractivity contribution in [2.24, 2.45) is 5.73 Å². The predicted molar refractivity (Wildman–Crippen MR) is 29.8 cm³/mol. The molecule has 6 nitrogen and oxygen atoms in total. The minimum Gasteiger partial charge on any atom is -0.387 e. The second kappa shape index (κ2) is 5.01. The summed E-state index contributed by atoms with van der Waals surface area (Å²) < 4.78 is 0. The molecule has 0 radical (unpaired) electrons. The molecule has 0 aliphatic heterocycles. The van der Waals surface area contributed by atoms with Crippen LogP contribution < -0.4 is 17.2 Å². The van der Waals surface area contributed by atoms with Gasteiger partial charge in [-0.25, -0.2) is 4.79 Å². The molecule has 7 N–H and O–H groups in total. The Morgan fingerprint density at radius 2 is 2.00 bits per heavy atom. The number of imide groups is 1. The van der Waals surface area contributed by atoms with Crippen LogP contribution in [0.25, 0.3) is 0 Å². The molecular formula is C3H9N3O3. The van der Waals surface area contributed by atoms with Crippen molar-refractivity contribution in [1.82, 2.24) is 11.5 Å². The number of carbonyl (C=O) groups is 2. The summed E-state index contributed by atoms with van der Waals surface area (Å²) in [7, 11) is 0. The van der Waals surface area contributed by atoms with Crippen molar-refractivity contribution in [3.63, 3.8) is 0 Å². The Hall–Kier alpha value is -1.14. The van der Waals surface area contributed by atoms with Gasteiger partial charge >= 0.3 is 6.03 Å². The molecule has 0 atom stereocenters. The topological polar surface area (TPSA) is 127 Å². The van der Waals surface area contributed by atoms with E-state index < -0.39 is 18.5 Å². The lowest BCUT2D eigenvalue weighted by molar-refractivity contribution is -0.122. The van der Waals surface area contributed by atoms with Gasteiger partial charge in [-0.15, -0.1) is 0 Å². The van der Waals surface area contributed by atoms with Crippen molar-refractivity contribution in [3.05, 3.63) is 0 Å². The maximum atomic E-state index is 9.96. The number of aliphatic hydroxyl groups excluding tert-OH is 1.